The van der Waals surface area contributed by atoms with Crippen LogP contribution in [0, 0.1) is 0 Å². The Labute approximate surface area is 162 Å². The smallest absolute Gasteiger partial charge is 0.274 e. The largest absolute Gasteiger partial charge is 0.497 e. The Morgan fingerprint density at radius 1 is 1.27 bits per heavy atom. The summed E-state index contributed by atoms with van der Waals surface area (Å²) in [7, 11) is 1.62. The van der Waals surface area contributed by atoms with Crippen LogP contribution in [-0.2, 0) is 10.5 Å². The van der Waals surface area contributed by atoms with Crippen LogP contribution in [0.4, 0.5) is 5.69 Å². The predicted octanol–water partition coefficient (Wildman–Crippen LogP) is 5.19. The number of H-pyrrole nitrogens is 1. The third-order valence-electron chi connectivity index (χ3n) is 3.63. The van der Waals surface area contributed by atoms with Gasteiger partial charge in [0.2, 0.25) is 5.88 Å². The van der Waals surface area contributed by atoms with E-state index in [0.717, 1.165) is 21.3 Å². The van der Waals surface area contributed by atoms with Crippen LogP contribution in [0.1, 0.15) is 5.56 Å². The van der Waals surface area contributed by atoms with Crippen LogP contribution in [0.5, 0.6) is 11.6 Å². The summed E-state index contributed by atoms with van der Waals surface area (Å²) in [5.74, 6) is 1.24. The lowest BCUT2D eigenvalue weighted by molar-refractivity contribution is -0.115. The molecule has 134 valence electrons. The molecule has 0 aliphatic heterocycles. The number of benzene rings is 2. The topological polar surface area (TPSA) is 87.0 Å². The van der Waals surface area contributed by atoms with Crippen LogP contribution in [0.3, 0.4) is 0 Å². The molecule has 6 nitrogen and oxygen atoms in total. The average Bonchev–Trinajstić information content (AvgIpc) is 2.95. The Bertz CT molecular complexity index is 954. The fraction of sp³-hybridized carbons (Fsp3) is 0.167. The molecule has 1 heterocycles. The third kappa shape index (κ3) is 4.44. The maximum absolute atomic E-state index is 11.9. The molecule has 0 unspecified atom stereocenters. The third-order valence-corrected chi connectivity index (χ3v) is 5.11. The van der Waals surface area contributed by atoms with Gasteiger partial charge in [0.15, 0.2) is 5.69 Å². The zero-order chi connectivity index (χ0) is 18.5. The first-order valence-electron chi connectivity index (χ1n) is 7.72. The molecule has 0 bridgehead atoms. The Morgan fingerprint density at radius 3 is 2.77 bits per heavy atom. The number of carbonyl (C=O) groups is 1. The van der Waals surface area contributed by atoms with Gasteiger partial charge in [0, 0.05) is 15.6 Å². The molecule has 3 rings (SSSR count). The number of hydrogen-bond acceptors (Lipinski definition) is 5. The van der Waals surface area contributed by atoms with Gasteiger partial charge in [0.05, 0.1) is 18.4 Å². The maximum Gasteiger partial charge on any atom is 0.274 e. The van der Waals surface area contributed by atoms with Gasteiger partial charge in [-0.15, -0.1) is 22.0 Å². The normalized spacial score (nSPS) is 11.3. The first-order chi connectivity index (χ1) is 12.6. The van der Waals surface area contributed by atoms with Gasteiger partial charge in [-0.2, -0.15) is 0 Å². The number of rotatable bonds is 6. The van der Waals surface area contributed by atoms with Gasteiger partial charge in [-0.1, -0.05) is 28.1 Å². The standard InChI is InChI=1S/C18H16BrN3O3S/c1-25-13-5-2-11(3-6-13)9-26-10-16(23)21-22-17-14-8-12(19)4-7-15(14)20-18(17)24/h2-8,20,24H,9-10H2,1H3. The zero-order valence-electron chi connectivity index (χ0n) is 13.9. The predicted molar refractivity (Wildman–Crippen MR) is 106 cm³/mol. The Morgan fingerprint density at radius 2 is 2.04 bits per heavy atom. The molecule has 0 aliphatic rings. The number of nitrogens with zero attached hydrogens (tertiary/aromatic N) is 2. The van der Waals surface area contributed by atoms with Crippen molar-refractivity contribution in [1.82, 2.24) is 4.98 Å². The number of azo groups is 1. The molecule has 2 N–H and O–H groups in total. The number of fused-ring (bicyclic) bond motifs is 1. The molecule has 1 amide bonds. The number of methoxy groups -OCH3 is 1. The van der Waals surface area contributed by atoms with Gasteiger partial charge >= 0.3 is 0 Å². The van der Waals surface area contributed by atoms with E-state index >= 15 is 0 Å². The fourth-order valence-electron chi connectivity index (χ4n) is 2.35. The number of carbonyl (C=O) groups excluding carboxylic acids is 1. The molecule has 8 heteroatoms. The first-order valence-corrected chi connectivity index (χ1v) is 9.67. The van der Waals surface area contributed by atoms with Crippen LogP contribution in [-0.4, -0.2) is 28.9 Å². The summed E-state index contributed by atoms with van der Waals surface area (Å²) < 4.78 is 5.96. The molecule has 26 heavy (non-hydrogen) atoms. The minimum absolute atomic E-state index is 0.111. The molecular formula is C18H16BrN3O3S. The minimum atomic E-state index is -0.354. The molecule has 0 saturated heterocycles. The molecule has 3 aromatic rings. The number of halogens is 1. The summed E-state index contributed by atoms with van der Waals surface area (Å²) >= 11 is 4.83. The second kappa shape index (κ2) is 8.37. The summed E-state index contributed by atoms with van der Waals surface area (Å²) in [5, 5.41) is 18.3. The van der Waals surface area contributed by atoms with E-state index in [-0.39, 0.29) is 23.2 Å². The lowest BCUT2D eigenvalue weighted by Gasteiger charge is -2.02. The van der Waals surface area contributed by atoms with E-state index in [1.807, 2.05) is 42.5 Å². The second-order valence-corrected chi connectivity index (χ2v) is 7.35. The second-order valence-electron chi connectivity index (χ2n) is 5.45. The van der Waals surface area contributed by atoms with E-state index in [9.17, 15) is 9.90 Å². The van der Waals surface area contributed by atoms with Gasteiger partial charge in [0.25, 0.3) is 5.91 Å². The highest BCUT2D eigenvalue weighted by molar-refractivity contribution is 9.10. The number of aromatic amines is 1. The molecule has 0 aliphatic carbocycles. The first kappa shape index (κ1) is 18.5. The quantitative estimate of drug-likeness (QED) is 0.523. The molecule has 0 fully saturated rings. The zero-order valence-corrected chi connectivity index (χ0v) is 16.3. The summed E-state index contributed by atoms with van der Waals surface area (Å²) in [6.45, 7) is 0. The number of amides is 1. The van der Waals surface area contributed by atoms with E-state index < -0.39 is 0 Å². The van der Waals surface area contributed by atoms with Gasteiger partial charge in [-0.3, -0.25) is 4.79 Å². The van der Waals surface area contributed by atoms with Crippen molar-refractivity contribution in [1.29, 1.82) is 0 Å². The molecule has 2 aromatic carbocycles. The van der Waals surface area contributed by atoms with Crippen molar-refractivity contribution in [3.63, 3.8) is 0 Å². The molecular weight excluding hydrogens is 418 g/mol. The van der Waals surface area contributed by atoms with Crippen molar-refractivity contribution < 1.29 is 14.6 Å². The molecule has 0 saturated carbocycles. The van der Waals surface area contributed by atoms with Crippen LogP contribution < -0.4 is 4.74 Å². The SMILES string of the molecule is COc1ccc(CSCC(=O)N=Nc2c(O)[nH]c3ccc(Br)cc23)cc1. The summed E-state index contributed by atoms with van der Waals surface area (Å²) in [6.07, 6.45) is 0. The highest BCUT2D eigenvalue weighted by Gasteiger charge is 2.11. The number of nitrogens with one attached hydrogen (secondary N) is 1. The average molecular weight is 434 g/mol. The number of thioether (sulfide) groups is 1. The number of hydrogen-bond donors (Lipinski definition) is 2. The Hall–Kier alpha value is -2.32. The summed E-state index contributed by atoms with van der Waals surface area (Å²) in [4.78, 5) is 14.7. The van der Waals surface area contributed by atoms with E-state index in [1.165, 1.54) is 11.8 Å². The highest BCUT2D eigenvalue weighted by Crippen LogP contribution is 2.36. The maximum atomic E-state index is 11.9. The Balaban J connectivity index is 1.59. The van der Waals surface area contributed by atoms with E-state index in [0.29, 0.717) is 11.1 Å². The van der Waals surface area contributed by atoms with Gasteiger partial charge in [-0.05, 0) is 35.9 Å². The van der Waals surface area contributed by atoms with Crippen molar-refractivity contribution in [2.24, 2.45) is 10.2 Å². The monoisotopic (exact) mass is 433 g/mol. The van der Waals surface area contributed by atoms with Crippen LogP contribution in [0.25, 0.3) is 10.9 Å². The fourth-order valence-corrected chi connectivity index (χ4v) is 3.47. The van der Waals surface area contributed by atoms with E-state index in [4.69, 9.17) is 4.74 Å². The van der Waals surface area contributed by atoms with Crippen molar-refractivity contribution in [2.75, 3.05) is 12.9 Å². The minimum Gasteiger partial charge on any atom is -0.497 e. The molecule has 0 radical (unpaired) electrons. The van der Waals surface area contributed by atoms with Gasteiger partial charge in [-0.25, -0.2) is 0 Å². The number of ether oxygens (including phenoxy) is 1. The highest BCUT2D eigenvalue weighted by atomic mass is 79.9. The van der Waals surface area contributed by atoms with Gasteiger partial charge < -0.3 is 14.8 Å². The number of aromatic nitrogens is 1. The van der Waals surface area contributed by atoms with Crippen molar-refractivity contribution >= 4 is 50.2 Å². The lowest BCUT2D eigenvalue weighted by Crippen LogP contribution is -1.96. The van der Waals surface area contributed by atoms with Crippen molar-refractivity contribution in [2.45, 2.75) is 5.75 Å². The van der Waals surface area contributed by atoms with Crippen LogP contribution >= 0.6 is 27.7 Å². The molecule has 1 aromatic heterocycles. The number of aromatic hydroxyl groups is 1. The van der Waals surface area contributed by atoms with Crippen LogP contribution in [0.15, 0.2) is 57.2 Å². The Kier molecular flexibility index (Phi) is 5.95. The summed E-state index contributed by atoms with van der Waals surface area (Å²) in [5.41, 5.74) is 2.08. The van der Waals surface area contributed by atoms with Crippen molar-refractivity contribution in [3.8, 4) is 11.6 Å². The van der Waals surface area contributed by atoms with E-state index in [1.54, 1.807) is 7.11 Å². The lowest BCUT2D eigenvalue weighted by atomic mass is 10.2. The molecule has 0 atom stereocenters. The van der Waals surface area contributed by atoms with Gasteiger partial charge in [0.1, 0.15) is 5.75 Å². The van der Waals surface area contributed by atoms with Crippen molar-refractivity contribution in [3.05, 3.63) is 52.5 Å². The summed E-state index contributed by atoms with van der Waals surface area (Å²) in [6, 6.07) is 13.2. The molecule has 0 spiro atoms. The van der Waals surface area contributed by atoms with E-state index in [2.05, 4.69) is 31.1 Å². The van der Waals surface area contributed by atoms with Crippen LogP contribution in [0.2, 0.25) is 0 Å².